The summed E-state index contributed by atoms with van der Waals surface area (Å²) in [6.45, 7) is 0.569. The van der Waals surface area contributed by atoms with Crippen molar-refractivity contribution in [2.45, 2.75) is 17.7 Å². The van der Waals surface area contributed by atoms with Gasteiger partial charge in [0.25, 0.3) is 5.91 Å². The monoisotopic (exact) mass is 464 g/mol. The lowest BCUT2D eigenvalue weighted by Gasteiger charge is -2.15. The second kappa shape index (κ2) is 9.97. The summed E-state index contributed by atoms with van der Waals surface area (Å²) >= 11 is 0. The van der Waals surface area contributed by atoms with Crippen molar-refractivity contribution in [2.75, 3.05) is 25.0 Å². The van der Waals surface area contributed by atoms with Gasteiger partial charge in [0.2, 0.25) is 10.0 Å². The second-order valence-electron chi connectivity index (χ2n) is 7.70. The highest BCUT2D eigenvalue weighted by molar-refractivity contribution is 7.89. The summed E-state index contributed by atoms with van der Waals surface area (Å²) in [5.74, 6) is -1.17. The number of nitrogens with zero attached hydrogens (tertiary/aromatic N) is 1. The number of anilines is 1. The molecule has 1 N–H and O–H groups in total. The quantitative estimate of drug-likeness (QED) is 0.535. The van der Waals surface area contributed by atoms with E-state index >= 15 is 0 Å². The van der Waals surface area contributed by atoms with Crippen LogP contribution >= 0.6 is 0 Å². The number of carbonyl (C=O) groups excluding carboxylic acids is 2. The van der Waals surface area contributed by atoms with Crippen LogP contribution in [0.3, 0.4) is 0 Å². The molecule has 1 amide bonds. The lowest BCUT2D eigenvalue weighted by Crippen LogP contribution is -2.27. The van der Waals surface area contributed by atoms with E-state index in [1.165, 1.54) is 28.6 Å². The van der Waals surface area contributed by atoms with E-state index in [1.54, 1.807) is 12.1 Å². The van der Waals surface area contributed by atoms with Gasteiger partial charge in [0.05, 0.1) is 10.5 Å². The van der Waals surface area contributed by atoms with Crippen molar-refractivity contribution in [3.63, 3.8) is 0 Å². The molecule has 4 rings (SSSR count). The normalized spacial score (nSPS) is 14.1. The molecule has 1 heterocycles. The summed E-state index contributed by atoms with van der Waals surface area (Å²) in [5.41, 5.74) is 2.86. The van der Waals surface area contributed by atoms with Crippen LogP contribution in [0.15, 0.2) is 83.8 Å². The Balaban J connectivity index is 1.30. The molecule has 0 atom stereocenters. The number of hydrogen-bond acceptors (Lipinski definition) is 5. The Labute approximate surface area is 193 Å². The molecule has 3 aromatic carbocycles. The van der Waals surface area contributed by atoms with Gasteiger partial charge in [0.1, 0.15) is 0 Å². The zero-order valence-electron chi connectivity index (χ0n) is 17.9. The Morgan fingerprint density at radius 2 is 1.42 bits per heavy atom. The van der Waals surface area contributed by atoms with E-state index in [0.29, 0.717) is 18.8 Å². The lowest BCUT2D eigenvalue weighted by atomic mass is 10.1. The maximum atomic E-state index is 12.6. The molecule has 0 unspecified atom stereocenters. The van der Waals surface area contributed by atoms with Crippen LogP contribution in [-0.2, 0) is 19.6 Å². The first-order valence-electron chi connectivity index (χ1n) is 10.7. The van der Waals surface area contributed by atoms with Crippen molar-refractivity contribution < 1.29 is 22.7 Å². The molecule has 1 fully saturated rings. The Morgan fingerprint density at radius 1 is 0.818 bits per heavy atom. The minimum absolute atomic E-state index is 0.137. The van der Waals surface area contributed by atoms with Gasteiger partial charge < -0.3 is 10.1 Å². The molecule has 0 aromatic heterocycles. The van der Waals surface area contributed by atoms with Gasteiger partial charge in [-0.3, -0.25) is 4.79 Å². The summed E-state index contributed by atoms with van der Waals surface area (Å²) in [6.07, 6.45) is 1.70. The molecular formula is C25H24N2O5S. The molecule has 8 heteroatoms. The molecule has 0 bridgehead atoms. The third kappa shape index (κ3) is 5.47. The van der Waals surface area contributed by atoms with Crippen LogP contribution in [0.1, 0.15) is 23.2 Å². The van der Waals surface area contributed by atoms with E-state index in [1.807, 2.05) is 42.5 Å². The van der Waals surface area contributed by atoms with Gasteiger partial charge in [-0.25, -0.2) is 13.2 Å². The molecular weight excluding hydrogens is 440 g/mol. The van der Waals surface area contributed by atoms with Gasteiger partial charge in [-0.15, -0.1) is 0 Å². The van der Waals surface area contributed by atoms with Crippen molar-refractivity contribution in [1.82, 2.24) is 4.31 Å². The molecule has 7 nitrogen and oxygen atoms in total. The smallest absolute Gasteiger partial charge is 0.338 e. The molecule has 1 saturated heterocycles. The van der Waals surface area contributed by atoms with Crippen molar-refractivity contribution in [1.29, 1.82) is 0 Å². The fraction of sp³-hybridized carbons (Fsp3) is 0.200. The van der Waals surface area contributed by atoms with Gasteiger partial charge in [-0.2, -0.15) is 4.31 Å². The lowest BCUT2D eigenvalue weighted by molar-refractivity contribution is -0.119. The molecule has 33 heavy (non-hydrogen) atoms. The first-order chi connectivity index (χ1) is 15.9. The number of sulfonamides is 1. The van der Waals surface area contributed by atoms with Gasteiger partial charge in [-0.05, 0) is 60.4 Å². The fourth-order valence-corrected chi connectivity index (χ4v) is 5.15. The Morgan fingerprint density at radius 3 is 2.06 bits per heavy atom. The first-order valence-corrected chi connectivity index (χ1v) is 12.1. The number of nitrogens with one attached hydrogen (secondary N) is 1. The molecule has 0 saturated carbocycles. The average molecular weight is 465 g/mol. The summed E-state index contributed by atoms with van der Waals surface area (Å²) in [7, 11) is -3.55. The SMILES string of the molecule is O=C(COC(=O)c1ccc(S(=O)(=O)N2CCCC2)cc1)Nc1ccc(-c2ccccc2)cc1. The fourth-order valence-electron chi connectivity index (χ4n) is 3.63. The Bertz CT molecular complexity index is 1220. The maximum Gasteiger partial charge on any atom is 0.338 e. The summed E-state index contributed by atoms with van der Waals surface area (Å²) in [5, 5.41) is 2.69. The number of hydrogen-bond donors (Lipinski definition) is 1. The minimum Gasteiger partial charge on any atom is -0.452 e. The van der Waals surface area contributed by atoms with Crippen molar-refractivity contribution in [2.24, 2.45) is 0 Å². The van der Waals surface area contributed by atoms with E-state index in [9.17, 15) is 18.0 Å². The summed E-state index contributed by atoms with van der Waals surface area (Å²) < 4.78 is 31.6. The van der Waals surface area contributed by atoms with E-state index in [-0.39, 0.29) is 10.5 Å². The van der Waals surface area contributed by atoms with Crippen LogP contribution in [0.5, 0.6) is 0 Å². The van der Waals surface area contributed by atoms with Crippen LogP contribution in [0.4, 0.5) is 5.69 Å². The number of benzene rings is 3. The third-order valence-electron chi connectivity index (χ3n) is 5.40. The van der Waals surface area contributed by atoms with Crippen molar-refractivity contribution in [3.05, 3.63) is 84.4 Å². The molecule has 0 spiro atoms. The number of amides is 1. The molecule has 1 aliphatic rings. The molecule has 1 aliphatic heterocycles. The first kappa shape index (κ1) is 22.7. The van der Waals surface area contributed by atoms with E-state index in [2.05, 4.69) is 5.32 Å². The van der Waals surface area contributed by atoms with E-state index in [4.69, 9.17) is 4.74 Å². The number of rotatable bonds is 7. The molecule has 3 aromatic rings. The van der Waals surface area contributed by atoms with Crippen molar-refractivity contribution >= 4 is 27.6 Å². The maximum absolute atomic E-state index is 12.6. The largest absolute Gasteiger partial charge is 0.452 e. The van der Waals surface area contributed by atoms with E-state index < -0.39 is 28.5 Å². The van der Waals surface area contributed by atoms with Crippen LogP contribution in [0.25, 0.3) is 11.1 Å². The highest BCUT2D eigenvalue weighted by atomic mass is 32.2. The van der Waals surface area contributed by atoms with Gasteiger partial charge in [-0.1, -0.05) is 42.5 Å². The number of carbonyl (C=O) groups is 2. The number of ether oxygens (including phenoxy) is 1. The predicted molar refractivity (Wildman–Crippen MR) is 125 cm³/mol. The van der Waals surface area contributed by atoms with Crippen LogP contribution in [0.2, 0.25) is 0 Å². The third-order valence-corrected chi connectivity index (χ3v) is 7.32. The zero-order chi connectivity index (χ0) is 23.3. The Hall–Kier alpha value is -3.49. The molecule has 170 valence electrons. The van der Waals surface area contributed by atoms with Gasteiger partial charge in [0.15, 0.2) is 6.61 Å². The highest BCUT2D eigenvalue weighted by Gasteiger charge is 2.27. The summed E-state index contributed by atoms with van der Waals surface area (Å²) in [4.78, 5) is 24.6. The predicted octanol–water partition coefficient (Wildman–Crippen LogP) is 3.93. The standard InChI is InChI=1S/C25H24N2O5S/c28-24(26-22-12-8-20(9-13-22)19-6-2-1-3-7-19)18-32-25(29)21-10-14-23(15-11-21)33(30,31)27-16-4-5-17-27/h1-3,6-15H,4-5,16-18H2,(H,26,28). The number of esters is 1. The Kier molecular flexibility index (Phi) is 6.86. The van der Waals surface area contributed by atoms with Crippen molar-refractivity contribution in [3.8, 4) is 11.1 Å². The van der Waals surface area contributed by atoms with Gasteiger partial charge in [0, 0.05) is 18.8 Å². The zero-order valence-corrected chi connectivity index (χ0v) is 18.8. The molecule has 0 aliphatic carbocycles. The minimum atomic E-state index is -3.55. The van der Waals surface area contributed by atoms with Crippen LogP contribution < -0.4 is 5.32 Å². The van der Waals surface area contributed by atoms with E-state index in [0.717, 1.165) is 24.0 Å². The summed E-state index contributed by atoms with van der Waals surface area (Å²) in [6, 6.07) is 22.8. The average Bonchev–Trinajstić information content (AvgIpc) is 3.40. The topological polar surface area (TPSA) is 92.8 Å². The van der Waals surface area contributed by atoms with Gasteiger partial charge >= 0.3 is 5.97 Å². The highest BCUT2D eigenvalue weighted by Crippen LogP contribution is 2.22. The van der Waals surface area contributed by atoms with Crippen LogP contribution in [-0.4, -0.2) is 44.3 Å². The second-order valence-corrected chi connectivity index (χ2v) is 9.64. The van der Waals surface area contributed by atoms with Crippen LogP contribution in [0, 0.1) is 0 Å². The molecule has 0 radical (unpaired) electrons.